The summed E-state index contributed by atoms with van der Waals surface area (Å²) >= 11 is 3.22. The summed E-state index contributed by atoms with van der Waals surface area (Å²) in [4.78, 5) is 12.1. The van der Waals surface area contributed by atoms with Crippen LogP contribution in [-0.4, -0.2) is 19.5 Å². The zero-order chi connectivity index (χ0) is 10.7. The van der Waals surface area contributed by atoms with E-state index in [0.29, 0.717) is 5.69 Å². The Labute approximate surface area is 89.8 Å². The first-order valence-electron chi connectivity index (χ1n) is 3.95. The number of hydrogen-bond acceptors (Lipinski definition) is 2. The van der Waals surface area contributed by atoms with Crippen molar-refractivity contribution in [3.63, 3.8) is 0 Å². The summed E-state index contributed by atoms with van der Waals surface area (Å²) in [6.45, 7) is -0.00657. The highest BCUT2D eigenvalue weighted by Crippen LogP contribution is 2.22. The van der Waals surface area contributed by atoms with E-state index in [2.05, 4.69) is 15.9 Å². The van der Waals surface area contributed by atoms with Crippen LogP contribution in [0.3, 0.4) is 0 Å². The average molecular weight is 261 g/mol. The first kappa shape index (κ1) is 11.0. The molecule has 3 nitrogen and oxygen atoms in total. The van der Waals surface area contributed by atoms with Gasteiger partial charge in [0.15, 0.2) is 0 Å². The number of primary amides is 1. The molecule has 0 fully saturated rings. The summed E-state index contributed by atoms with van der Waals surface area (Å²) in [5.74, 6) is -0.871. The van der Waals surface area contributed by atoms with Gasteiger partial charge in [0.05, 0.1) is 12.2 Å². The monoisotopic (exact) mass is 260 g/mol. The third-order valence-corrected chi connectivity index (χ3v) is 2.21. The maximum absolute atomic E-state index is 13.3. The highest BCUT2D eigenvalue weighted by molar-refractivity contribution is 9.10. The minimum atomic E-state index is -0.494. The first-order valence-corrected chi connectivity index (χ1v) is 4.74. The van der Waals surface area contributed by atoms with Crippen molar-refractivity contribution < 1.29 is 9.18 Å². The standard InChI is InChI=1S/C9H10BrFN2O/c1-13(5-9(12)14)8-4-6(10)2-3-7(8)11/h2-4H,5H2,1H3,(H2,12,14). The molecule has 5 heteroatoms. The van der Waals surface area contributed by atoms with E-state index in [1.165, 1.54) is 11.0 Å². The molecule has 76 valence electrons. The number of anilines is 1. The Morgan fingerprint density at radius 1 is 1.64 bits per heavy atom. The predicted octanol–water partition coefficient (Wildman–Crippen LogP) is 1.51. The molecule has 0 aliphatic heterocycles. The Bertz CT molecular complexity index is 357. The normalized spacial score (nSPS) is 9.93. The number of hydrogen-bond donors (Lipinski definition) is 1. The Morgan fingerprint density at radius 3 is 2.86 bits per heavy atom. The Hall–Kier alpha value is -1.10. The number of nitrogens with zero attached hydrogens (tertiary/aromatic N) is 1. The van der Waals surface area contributed by atoms with Crippen molar-refractivity contribution in [2.75, 3.05) is 18.5 Å². The van der Waals surface area contributed by atoms with E-state index in [-0.39, 0.29) is 12.4 Å². The molecule has 14 heavy (non-hydrogen) atoms. The van der Waals surface area contributed by atoms with Crippen LogP contribution >= 0.6 is 15.9 Å². The molecule has 0 heterocycles. The van der Waals surface area contributed by atoms with Crippen LogP contribution in [0.1, 0.15) is 0 Å². The quantitative estimate of drug-likeness (QED) is 0.896. The zero-order valence-corrected chi connectivity index (χ0v) is 9.21. The molecule has 0 aliphatic rings. The van der Waals surface area contributed by atoms with Gasteiger partial charge in [-0.2, -0.15) is 0 Å². The SMILES string of the molecule is CN(CC(N)=O)c1cc(Br)ccc1F. The van der Waals surface area contributed by atoms with Gasteiger partial charge in [0.25, 0.3) is 0 Å². The molecule has 0 spiro atoms. The van der Waals surface area contributed by atoms with Gasteiger partial charge in [-0.3, -0.25) is 4.79 Å². The molecular weight excluding hydrogens is 251 g/mol. The summed E-state index contributed by atoms with van der Waals surface area (Å²) < 4.78 is 14.0. The summed E-state index contributed by atoms with van der Waals surface area (Å²) in [6.07, 6.45) is 0. The molecule has 1 aromatic carbocycles. The molecule has 2 N–H and O–H groups in total. The lowest BCUT2D eigenvalue weighted by Gasteiger charge is -2.17. The van der Waals surface area contributed by atoms with Crippen LogP contribution in [0.5, 0.6) is 0 Å². The van der Waals surface area contributed by atoms with Crippen LogP contribution < -0.4 is 10.6 Å². The molecule has 0 radical (unpaired) electrons. The second-order valence-corrected chi connectivity index (χ2v) is 3.83. The second-order valence-electron chi connectivity index (χ2n) is 2.92. The predicted molar refractivity (Wildman–Crippen MR) is 56.6 cm³/mol. The molecule has 0 saturated carbocycles. The number of nitrogens with two attached hydrogens (primary N) is 1. The third kappa shape index (κ3) is 2.70. The van der Waals surface area contributed by atoms with Crippen LogP contribution in [-0.2, 0) is 4.79 Å². The number of likely N-dealkylation sites (N-methyl/N-ethyl adjacent to an activating group) is 1. The Morgan fingerprint density at radius 2 is 2.29 bits per heavy atom. The van der Waals surface area contributed by atoms with Crippen LogP contribution in [0.25, 0.3) is 0 Å². The van der Waals surface area contributed by atoms with Crippen molar-refractivity contribution in [3.05, 3.63) is 28.5 Å². The Kier molecular flexibility index (Phi) is 3.46. The maximum Gasteiger partial charge on any atom is 0.236 e. The maximum atomic E-state index is 13.3. The van der Waals surface area contributed by atoms with Gasteiger partial charge in [-0.1, -0.05) is 15.9 Å². The molecule has 0 aromatic heterocycles. The van der Waals surface area contributed by atoms with Crippen molar-refractivity contribution in [2.24, 2.45) is 5.73 Å². The van der Waals surface area contributed by atoms with Crippen molar-refractivity contribution in [1.29, 1.82) is 0 Å². The lowest BCUT2D eigenvalue weighted by Crippen LogP contribution is -2.31. The fourth-order valence-electron chi connectivity index (χ4n) is 1.10. The van der Waals surface area contributed by atoms with Gasteiger partial charge < -0.3 is 10.6 Å². The molecule has 0 aliphatic carbocycles. The van der Waals surface area contributed by atoms with E-state index >= 15 is 0 Å². The van der Waals surface area contributed by atoms with E-state index in [1.54, 1.807) is 19.2 Å². The fourth-order valence-corrected chi connectivity index (χ4v) is 1.45. The highest BCUT2D eigenvalue weighted by Gasteiger charge is 2.09. The fraction of sp³-hybridized carbons (Fsp3) is 0.222. The van der Waals surface area contributed by atoms with Crippen molar-refractivity contribution in [3.8, 4) is 0 Å². The van der Waals surface area contributed by atoms with Gasteiger partial charge >= 0.3 is 0 Å². The summed E-state index contributed by atoms with van der Waals surface area (Å²) in [7, 11) is 1.61. The summed E-state index contributed by atoms with van der Waals surface area (Å²) in [6, 6.07) is 4.52. The van der Waals surface area contributed by atoms with Crippen LogP contribution in [0.2, 0.25) is 0 Å². The van der Waals surface area contributed by atoms with Gasteiger partial charge in [0.2, 0.25) is 5.91 Å². The highest BCUT2D eigenvalue weighted by atomic mass is 79.9. The smallest absolute Gasteiger partial charge is 0.236 e. The molecule has 0 unspecified atom stereocenters. The minimum absolute atomic E-state index is 0.00657. The largest absolute Gasteiger partial charge is 0.368 e. The van der Waals surface area contributed by atoms with Gasteiger partial charge in [0, 0.05) is 11.5 Å². The van der Waals surface area contributed by atoms with E-state index in [0.717, 1.165) is 4.47 Å². The number of carbonyl (C=O) groups excluding carboxylic acids is 1. The van der Waals surface area contributed by atoms with Gasteiger partial charge in [0.1, 0.15) is 5.82 Å². The van der Waals surface area contributed by atoms with Gasteiger partial charge in [-0.15, -0.1) is 0 Å². The topological polar surface area (TPSA) is 46.3 Å². The lowest BCUT2D eigenvalue weighted by molar-refractivity contribution is -0.116. The Balaban J connectivity index is 2.93. The number of halogens is 2. The molecule has 1 amide bonds. The zero-order valence-electron chi connectivity index (χ0n) is 7.63. The molecular formula is C9H10BrFN2O. The van der Waals surface area contributed by atoms with Crippen molar-refractivity contribution in [2.45, 2.75) is 0 Å². The molecule has 1 aromatic rings. The number of benzene rings is 1. The number of carbonyl (C=O) groups is 1. The summed E-state index contributed by atoms with van der Waals surface area (Å²) in [5, 5.41) is 0. The summed E-state index contributed by atoms with van der Waals surface area (Å²) in [5.41, 5.74) is 5.35. The average Bonchev–Trinajstić information content (AvgIpc) is 2.08. The van der Waals surface area contributed by atoms with E-state index in [1.807, 2.05) is 0 Å². The molecule has 0 atom stereocenters. The van der Waals surface area contributed by atoms with Gasteiger partial charge in [-0.05, 0) is 18.2 Å². The first-order chi connectivity index (χ1) is 6.50. The van der Waals surface area contributed by atoms with E-state index in [4.69, 9.17) is 5.73 Å². The van der Waals surface area contributed by atoms with E-state index < -0.39 is 5.91 Å². The van der Waals surface area contributed by atoms with Crippen LogP contribution in [0, 0.1) is 5.82 Å². The molecule has 0 bridgehead atoms. The van der Waals surface area contributed by atoms with Crippen LogP contribution in [0.15, 0.2) is 22.7 Å². The van der Waals surface area contributed by atoms with Crippen molar-refractivity contribution in [1.82, 2.24) is 0 Å². The van der Waals surface area contributed by atoms with Crippen LogP contribution in [0.4, 0.5) is 10.1 Å². The number of amides is 1. The van der Waals surface area contributed by atoms with Gasteiger partial charge in [-0.25, -0.2) is 4.39 Å². The number of rotatable bonds is 3. The second kappa shape index (κ2) is 4.41. The minimum Gasteiger partial charge on any atom is -0.368 e. The van der Waals surface area contributed by atoms with Crippen molar-refractivity contribution >= 4 is 27.5 Å². The van der Waals surface area contributed by atoms with E-state index in [9.17, 15) is 9.18 Å². The molecule has 0 saturated heterocycles. The molecule has 1 rings (SSSR count). The lowest BCUT2D eigenvalue weighted by atomic mass is 10.3. The third-order valence-electron chi connectivity index (χ3n) is 1.71.